The maximum atomic E-state index is 12.9. The van der Waals surface area contributed by atoms with Crippen LogP contribution in [0.3, 0.4) is 0 Å². The Morgan fingerprint density at radius 3 is 2.38 bits per heavy atom. The second kappa shape index (κ2) is 12.2. The number of nitrogens with one attached hydrogen (secondary N) is 2. The van der Waals surface area contributed by atoms with Crippen molar-refractivity contribution in [3.63, 3.8) is 0 Å². The van der Waals surface area contributed by atoms with E-state index in [1.165, 1.54) is 6.07 Å². The smallest absolute Gasteiger partial charge is 0.262 e. The molecule has 0 aliphatic heterocycles. The van der Waals surface area contributed by atoms with Crippen LogP contribution in [0.2, 0.25) is 10.0 Å². The first-order chi connectivity index (χ1) is 16.3. The Kier molecular flexibility index (Phi) is 9.08. The molecule has 2 N–H and O–H groups in total. The first-order valence-corrected chi connectivity index (χ1v) is 11.4. The van der Waals surface area contributed by atoms with Gasteiger partial charge in [-0.1, -0.05) is 83.4 Å². The van der Waals surface area contributed by atoms with Crippen molar-refractivity contribution in [3.8, 4) is 5.75 Å². The van der Waals surface area contributed by atoms with Gasteiger partial charge in [0.25, 0.3) is 11.8 Å². The lowest BCUT2D eigenvalue weighted by Crippen LogP contribution is -2.50. The minimum absolute atomic E-state index is 0.285. The zero-order valence-electron chi connectivity index (χ0n) is 18.8. The normalized spacial score (nSPS) is 12.7. The molecule has 0 fully saturated rings. The fourth-order valence-corrected chi connectivity index (χ4v) is 3.52. The lowest BCUT2D eigenvalue weighted by atomic mass is 10.1. The first kappa shape index (κ1) is 25.3. The zero-order chi connectivity index (χ0) is 24.5. The summed E-state index contributed by atoms with van der Waals surface area (Å²) in [7, 11) is 0. The fourth-order valence-electron chi connectivity index (χ4n) is 3.06. The molecule has 34 heavy (non-hydrogen) atoms. The zero-order valence-corrected chi connectivity index (χ0v) is 20.3. The number of nitrogens with zero attached hydrogens (tertiary/aromatic N) is 1. The van der Waals surface area contributed by atoms with Gasteiger partial charge in [0, 0.05) is 11.4 Å². The molecule has 0 aliphatic rings. The average Bonchev–Trinajstić information content (AvgIpc) is 2.82. The van der Waals surface area contributed by atoms with Crippen molar-refractivity contribution in [1.29, 1.82) is 0 Å². The third-order valence-electron chi connectivity index (χ3n) is 4.95. The van der Waals surface area contributed by atoms with Crippen LogP contribution in [0.15, 0.2) is 77.9 Å². The van der Waals surface area contributed by atoms with Crippen molar-refractivity contribution in [3.05, 3.63) is 99.5 Å². The van der Waals surface area contributed by atoms with Crippen molar-refractivity contribution >= 4 is 41.2 Å². The maximum absolute atomic E-state index is 12.9. The summed E-state index contributed by atoms with van der Waals surface area (Å²) in [6.07, 6.45) is 0.931. The molecule has 3 aromatic carbocycles. The van der Waals surface area contributed by atoms with Crippen molar-refractivity contribution in [2.24, 2.45) is 5.10 Å². The van der Waals surface area contributed by atoms with Gasteiger partial charge in [-0.05, 0) is 43.2 Å². The molecule has 2 amide bonds. The molecule has 0 aliphatic carbocycles. The number of hydrogen-bond acceptors (Lipinski definition) is 4. The molecule has 0 radical (unpaired) electrons. The summed E-state index contributed by atoms with van der Waals surface area (Å²) < 4.78 is 5.68. The molecular formula is C26H25Cl2N3O3. The molecule has 0 saturated carbocycles. The Bertz CT molecular complexity index is 1150. The number of hydrogen-bond donors (Lipinski definition) is 2. The minimum atomic E-state index is -0.902. The van der Waals surface area contributed by atoms with Crippen LogP contribution in [0, 0.1) is 6.92 Å². The second-order valence-electron chi connectivity index (χ2n) is 7.73. The molecule has 0 bridgehead atoms. The molecule has 0 unspecified atom stereocenters. The van der Waals surface area contributed by atoms with Crippen LogP contribution in [0.5, 0.6) is 5.75 Å². The Labute approximate surface area is 208 Å². The number of hydrazone groups is 1. The lowest BCUT2D eigenvalue weighted by Gasteiger charge is -2.21. The molecule has 176 valence electrons. The summed E-state index contributed by atoms with van der Waals surface area (Å²) >= 11 is 12.0. The minimum Gasteiger partial charge on any atom is -0.479 e. The van der Waals surface area contributed by atoms with E-state index < -0.39 is 24.0 Å². The van der Waals surface area contributed by atoms with E-state index in [4.69, 9.17) is 27.9 Å². The highest BCUT2D eigenvalue weighted by atomic mass is 35.5. The molecule has 8 heteroatoms. The molecule has 0 aromatic heterocycles. The van der Waals surface area contributed by atoms with E-state index in [0.29, 0.717) is 10.8 Å². The van der Waals surface area contributed by atoms with Crippen LogP contribution in [-0.4, -0.2) is 30.2 Å². The van der Waals surface area contributed by atoms with E-state index in [0.717, 1.165) is 16.7 Å². The molecular weight excluding hydrogens is 473 g/mol. The number of halogens is 2. The molecule has 6 nitrogen and oxygen atoms in total. The third kappa shape index (κ3) is 7.61. The number of carbonyl (C=O) groups is 2. The standard InChI is InChI=1S/C26H25Cl2N3O3/c1-17-8-10-20(11-9-17)16-29-31-26(33)23(14-19-6-4-3-5-7-19)30-25(32)18(2)34-24-13-12-21(27)15-22(24)28/h3-13,15-16,18,23H,14H2,1-2H3,(H,30,32)(H,31,33)/b29-16-/t18-,23-/m0/s1. The predicted octanol–water partition coefficient (Wildman–Crippen LogP) is 4.95. The predicted molar refractivity (Wildman–Crippen MR) is 136 cm³/mol. The highest BCUT2D eigenvalue weighted by Crippen LogP contribution is 2.28. The molecule has 0 spiro atoms. The Balaban J connectivity index is 1.68. The summed E-state index contributed by atoms with van der Waals surface area (Å²) in [6, 6.07) is 21.0. The molecule has 2 atom stereocenters. The van der Waals surface area contributed by atoms with E-state index in [9.17, 15) is 9.59 Å². The summed E-state index contributed by atoms with van der Waals surface area (Å²) in [5, 5.41) is 7.54. The Hall–Kier alpha value is -3.35. The highest BCUT2D eigenvalue weighted by Gasteiger charge is 2.25. The van der Waals surface area contributed by atoms with E-state index in [1.807, 2.05) is 61.5 Å². The number of aryl methyl sites for hydroxylation is 1. The van der Waals surface area contributed by atoms with Crippen molar-refractivity contribution in [2.75, 3.05) is 0 Å². The van der Waals surface area contributed by atoms with Gasteiger partial charge in [0.15, 0.2) is 6.10 Å². The summed E-state index contributed by atoms with van der Waals surface area (Å²) in [5.41, 5.74) is 5.38. The van der Waals surface area contributed by atoms with E-state index in [1.54, 1.807) is 25.3 Å². The maximum Gasteiger partial charge on any atom is 0.262 e. The van der Waals surface area contributed by atoms with E-state index in [2.05, 4.69) is 15.8 Å². The van der Waals surface area contributed by atoms with E-state index in [-0.39, 0.29) is 11.4 Å². The van der Waals surface area contributed by atoms with Crippen molar-refractivity contribution in [2.45, 2.75) is 32.4 Å². The van der Waals surface area contributed by atoms with Crippen LogP contribution < -0.4 is 15.5 Å². The van der Waals surface area contributed by atoms with Crippen molar-refractivity contribution in [1.82, 2.24) is 10.7 Å². The number of benzene rings is 3. The molecule has 0 saturated heterocycles. The van der Waals surface area contributed by atoms with Gasteiger partial charge in [-0.3, -0.25) is 9.59 Å². The van der Waals surface area contributed by atoms with Gasteiger partial charge in [-0.15, -0.1) is 0 Å². The van der Waals surface area contributed by atoms with Crippen LogP contribution in [0.1, 0.15) is 23.6 Å². The third-order valence-corrected chi connectivity index (χ3v) is 5.48. The van der Waals surface area contributed by atoms with Gasteiger partial charge in [0.05, 0.1) is 11.2 Å². The Morgan fingerprint density at radius 1 is 1.00 bits per heavy atom. The molecule has 3 rings (SSSR count). The number of carbonyl (C=O) groups excluding carboxylic acids is 2. The van der Waals surface area contributed by atoms with E-state index >= 15 is 0 Å². The Morgan fingerprint density at radius 2 is 1.71 bits per heavy atom. The lowest BCUT2D eigenvalue weighted by molar-refractivity contribution is -0.132. The topological polar surface area (TPSA) is 79.8 Å². The first-order valence-electron chi connectivity index (χ1n) is 10.7. The number of ether oxygens (including phenoxy) is 1. The van der Waals surface area contributed by atoms with Gasteiger partial charge in [0.1, 0.15) is 11.8 Å². The fraction of sp³-hybridized carbons (Fsp3) is 0.192. The van der Waals surface area contributed by atoms with Crippen LogP contribution in [0.25, 0.3) is 0 Å². The largest absolute Gasteiger partial charge is 0.479 e. The van der Waals surface area contributed by atoms with Gasteiger partial charge >= 0.3 is 0 Å². The van der Waals surface area contributed by atoms with Gasteiger partial charge in [0.2, 0.25) is 0 Å². The van der Waals surface area contributed by atoms with Crippen molar-refractivity contribution < 1.29 is 14.3 Å². The number of rotatable bonds is 9. The molecule has 0 heterocycles. The van der Waals surface area contributed by atoms with Crippen LogP contribution in [-0.2, 0) is 16.0 Å². The quantitative estimate of drug-likeness (QED) is 0.324. The molecule has 3 aromatic rings. The van der Waals surface area contributed by atoms with Gasteiger partial charge in [-0.25, -0.2) is 5.43 Å². The monoisotopic (exact) mass is 497 g/mol. The van der Waals surface area contributed by atoms with Gasteiger partial charge in [-0.2, -0.15) is 5.10 Å². The highest BCUT2D eigenvalue weighted by molar-refractivity contribution is 6.35. The summed E-state index contributed by atoms with van der Waals surface area (Å²) in [5.74, 6) is -0.595. The SMILES string of the molecule is Cc1ccc(/C=N\NC(=O)[C@H](Cc2ccccc2)NC(=O)[C@H](C)Oc2ccc(Cl)cc2Cl)cc1. The van der Waals surface area contributed by atoms with Crippen LogP contribution >= 0.6 is 23.2 Å². The summed E-state index contributed by atoms with van der Waals surface area (Å²) in [4.78, 5) is 25.7. The van der Waals surface area contributed by atoms with Gasteiger partial charge < -0.3 is 10.1 Å². The number of amides is 2. The summed E-state index contributed by atoms with van der Waals surface area (Å²) in [6.45, 7) is 3.57. The van der Waals surface area contributed by atoms with Crippen LogP contribution in [0.4, 0.5) is 0 Å². The average molecular weight is 498 g/mol. The second-order valence-corrected chi connectivity index (χ2v) is 8.57.